The molecule has 5 rings (SSSR count). The minimum Gasteiger partial charge on any atom is -0.307 e. The van der Waals surface area contributed by atoms with Crippen LogP contribution in [0.5, 0.6) is 0 Å². The molecule has 0 spiro atoms. The predicted octanol–water partition coefficient (Wildman–Crippen LogP) is 4.71. The number of aryl methyl sites for hydroxylation is 1. The average Bonchev–Trinajstić information content (AvgIpc) is 2.39. The molecule has 0 radical (unpaired) electrons. The minimum absolute atomic E-state index is 0.451. The topological polar surface area (TPSA) is 12.0 Å². The summed E-state index contributed by atoms with van der Waals surface area (Å²) in [4.78, 5) is 0. The van der Waals surface area contributed by atoms with Crippen molar-refractivity contribution in [1.29, 1.82) is 0 Å². The Hall–Kier alpha value is -0.530. The molecule has 1 N–H and O–H groups in total. The number of hydrogen-bond acceptors (Lipinski definition) is 1. The lowest BCUT2D eigenvalue weighted by atomic mass is 9.53. The van der Waals surface area contributed by atoms with Crippen LogP contribution in [0.3, 0.4) is 0 Å². The first-order valence-electron chi connectivity index (χ1n) is 8.12. The second kappa shape index (κ2) is 4.74. The third-order valence-electron chi connectivity index (χ3n) is 5.94. The first-order valence-corrected chi connectivity index (χ1v) is 8.50. The van der Waals surface area contributed by atoms with E-state index >= 15 is 0 Å². The standard InChI is InChI=1S/C18H24ClN/c1-12-2-3-13(7-17(12)19)11-20-18-8-14-4-15(9-18)6-16(5-14)10-18/h2-3,7,14-16,20H,4-6,8-11H2,1H3. The lowest BCUT2D eigenvalue weighted by Gasteiger charge is -2.57. The Morgan fingerprint density at radius 3 is 2.25 bits per heavy atom. The van der Waals surface area contributed by atoms with Crippen LogP contribution in [-0.4, -0.2) is 5.54 Å². The summed E-state index contributed by atoms with van der Waals surface area (Å²) in [6.07, 6.45) is 8.78. The quantitative estimate of drug-likeness (QED) is 0.850. The van der Waals surface area contributed by atoms with Crippen molar-refractivity contribution in [3.05, 3.63) is 34.3 Å². The SMILES string of the molecule is Cc1ccc(CNC23CC4CC(CC(C4)C2)C3)cc1Cl. The zero-order chi connectivity index (χ0) is 13.7. The normalized spacial score (nSPS) is 38.4. The van der Waals surface area contributed by atoms with Gasteiger partial charge in [0.05, 0.1) is 0 Å². The number of nitrogens with one attached hydrogen (secondary N) is 1. The highest BCUT2D eigenvalue weighted by atomic mass is 35.5. The molecular formula is C18H24ClN. The van der Waals surface area contributed by atoms with Crippen molar-refractivity contribution in [2.24, 2.45) is 17.8 Å². The van der Waals surface area contributed by atoms with E-state index in [9.17, 15) is 0 Å². The van der Waals surface area contributed by atoms with Gasteiger partial charge in [0.25, 0.3) is 0 Å². The third kappa shape index (κ3) is 2.29. The van der Waals surface area contributed by atoms with Gasteiger partial charge in [-0.1, -0.05) is 23.7 Å². The zero-order valence-corrected chi connectivity index (χ0v) is 13.0. The van der Waals surface area contributed by atoms with Gasteiger partial charge in [0.2, 0.25) is 0 Å². The monoisotopic (exact) mass is 289 g/mol. The summed E-state index contributed by atoms with van der Waals surface area (Å²) in [5, 5.41) is 4.83. The summed E-state index contributed by atoms with van der Waals surface area (Å²) < 4.78 is 0. The molecular weight excluding hydrogens is 266 g/mol. The molecule has 1 aromatic carbocycles. The molecule has 0 aliphatic heterocycles. The van der Waals surface area contributed by atoms with E-state index in [4.69, 9.17) is 11.6 Å². The molecule has 4 saturated carbocycles. The Kier molecular flexibility index (Phi) is 3.12. The summed E-state index contributed by atoms with van der Waals surface area (Å²) in [5.74, 6) is 3.03. The number of rotatable bonds is 3. The fourth-order valence-electron chi connectivity index (χ4n) is 5.36. The Balaban J connectivity index is 1.47. The van der Waals surface area contributed by atoms with Crippen LogP contribution in [-0.2, 0) is 6.54 Å². The van der Waals surface area contributed by atoms with Gasteiger partial charge in [0, 0.05) is 17.1 Å². The van der Waals surface area contributed by atoms with Gasteiger partial charge in [-0.15, -0.1) is 0 Å². The van der Waals surface area contributed by atoms with Crippen molar-refractivity contribution in [1.82, 2.24) is 5.32 Å². The highest BCUT2D eigenvalue weighted by Gasteiger charge is 2.50. The van der Waals surface area contributed by atoms with E-state index in [1.165, 1.54) is 49.7 Å². The maximum atomic E-state index is 6.24. The number of halogens is 1. The lowest BCUT2D eigenvalue weighted by Crippen LogP contribution is -2.58. The van der Waals surface area contributed by atoms with Crippen LogP contribution < -0.4 is 5.32 Å². The second-order valence-electron chi connectivity index (χ2n) is 7.63. The van der Waals surface area contributed by atoms with Crippen LogP contribution in [0.2, 0.25) is 5.02 Å². The second-order valence-corrected chi connectivity index (χ2v) is 8.04. The van der Waals surface area contributed by atoms with Crippen molar-refractivity contribution in [2.45, 2.75) is 57.5 Å². The van der Waals surface area contributed by atoms with E-state index < -0.39 is 0 Å². The molecule has 0 atom stereocenters. The smallest absolute Gasteiger partial charge is 0.0438 e. The van der Waals surface area contributed by atoms with Crippen molar-refractivity contribution >= 4 is 11.6 Å². The van der Waals surface area contributed by atoms with Crippen molar-refractivity contribution in [3.63, 3.8) is 0 Å². The Labute approximate surface area is 127 Å². The van der Waals surface area contributed by atoms with Gasteiger partial charge >= 0.3 is 0 Å². The molecule has 4 aliphatic carbocycles. The molecule has 0 amide bonds. The highest BCUT2D eigenvalue weighted by molar-refractivity contribution is 6.31. The Morgan fingerprint density at radius 2 is 1.70 bits per heavy atom. The molecule has 4 aliphatic rings. The zero-order valence-electron chi connectivity index (χ0n) is 12.3. The lowest BCUT2D eigenvalue weighted by molar-refractivity contribution is -0.0206. The van der Waals surface area contributed by atoms with Crippen LogP contribution in [0, 0.1) is 24.7 Å². The summed E-state index contributed by atoms with van der Waals surface area (Å²) in [6.45, 7) is 3.05. The molecule has 108 valence electrons. The van der Waals surface area contributed by atoms with Crippen molar-refractivity contribution in [2.75, 3.05) is 0 Å². The van der Waals surface area contributed by atoms with Gasteiger partial charge in [-0.2, -0.15) is 0 Å². The van der Waals surface area contributed by atoms with Gasteiger partial charge < -0.3 is 5.32 Å². The fourth-order valence-corrected chi connectivity index (χ4v) is 5.57. The van der Waals surface area contributed by atoms with Gasteiger partial charge in [0.1, 0.15) is 0 Å². The molecule has 0 heterocycles. The molecule has 1 nitrogen and oxygen atoms in total. The van der Waals surface area contributed by atoms with Crippen LogP contribution in [0.15, 0.2) is 18.2 Å². The summed E-state index contributed by atoms with van der Waals surface area (Å²) in [5.41, 5.74) is 2.95. The van der Waals surface area contributed by atoms with Crippen molar-refractivity contribution < 1.29 is 0 Å². The highest BCUT2D eigenvalue weighted by Crippen LogP contribution is 2.55. The van der Waals surface area contributed by atoms with Crippen LogP contribution in [0.25, 0.3) is 0 Å². The van der Waals surface area contributed by atoms with Gasteiger partial charge in [-0.3, -0.25) is 0 Å². The first kappa shape index (κ1) is 13.2. The molecule has 0 aromatic heterocycles. The van der Waals surface area contributed by atoms with Gasteiger partial charge in [-0.25, -0.2) is 0 Å². The maximum Gasteiger partial charge on any atom is 0.0438 e. The summed E-state index contributed by atoms with van der Waals surface area (Å²) in [7, 11) is 0. The van der Waals surface area contributed by atoms with E-state index in [0.29, 0.717) is 5.54 Å². The van der Waals surface area contributed by atoms with E-state index in [1.807, 2.05) is 0 Å². The molecule has 4 bridgehead atoms. The van der Waals surface area contributed by atoms with E-state index in [1.54, 1.807) is 0 Å². The summed E-state index contributed by atoms with van der Waals surface area (Å²) >= 11 is 6.24. The fraction of sp³-hybridized carbons (Fsp3) is 0.667. The minimum atomic E-state index is 0.451. The number of hydrogen-bond donors (Lipinski definition) is 1. The molecule has 0 unspecified atom stereocenters. The van der Waals surface area contributed by atoms with E-state index in [-0.39, 0.29) is 0 Å². The molecule has 4 fully saturated rings. The Bertz CT molecular complexity index is 487. The van der Waals surface area contributed by atoms with Crippen LogP contribution in [0.4, 0.5) is 0 Å². The molecule has 20 heavy (non-hydrogen) atoms. The first-order chi connectivity index (χ1) is 9.62. The maximum absolute atomic E-state index is 6.24. The van der Waals surface area contributed by atoms with Crippen LogP contribution in [0.1, 0.15) is 49.7 Å². The Morgan fingerprint density at radius 1 is 1.10 bits per heavy atom. The average molecular weight is 290 g/mol. The predicted molar refractivity (Wildman–Crippen MR) is 83.9 cm³/mol. The molecule has 1 aromatic rings. The van der Waals surface area contributed by atoms with Crippen LogP contribution >= 0.6 is 11.6 Å². The van der Waals surface area contributed by atoms with Gasteiger partial charge in [0.15, 0.2) is 0 Å². The van der Waals surface area contributed by atoms with Crippen molar-refractivity contribution in [3.8, 4) is 0 Å². The van der Waals surface area contributed by atoms with E-state index in [2.05, 4.69) is 30.4 Å². The summed E-state index contributed by atoms with van der Waals surface area (Å²) in [6, 6.07) is 6.48. The molecule has 2 heteroatoms. The molecule has 0 saturated heterocycles. The van der Waals surface area contributed by atoms with Gasteiger partial charge in [-0.05, 0) is 80.4 Å². The third-order valence-corrected chi connectivity index (χ3v) is 6.35. The number of benzene rings is 1. The van der Waals surface area contributed by atoms with E-state index in [0.717, 1.165) is 29.3 Å². The largest absolute Gasteiger partial charge is 0.307 e.